The zero-order valence-corrected chi connectivity index (χ0v) is 23.4. The first-order chi connectivity index (χ1) is 20.1. The molecule has 2 aromatic heterocycles. The maximum absolute atomic E-state index is 13.1. The van der Waals surface area contributed by atoms with Crippen molar-refractivity contribution in [3.63, 3.8) is 0 Å². The van der Waals surface area contributed by atoms with Crippen molar-refractivity contribution in [3.05, 3.63) is 42.0 Å². The number of nitrogens with zero attached hydrogens (tertiary/aromatic N) is 4. The summed E-state index contributed by atoms with van der Waals surface area (Å²) in [4.78, 5) is 37.8. The summed E-state index contributed by atoms with van der Waals surface area (Å²) in [5.41, 5.74) is 4.98. The van der Waals surface area contributed by atoms with E-state index in [1.54, 1.807) is 11.0 Å². The van der Waals surface area contributed by atoms with Crippen molar-refractivity contribution in [2.24, 2.45) is 5.92 Å². The number of hydrogen-bond donors (Lipinski definition) is 3. The maximum Gasteiger partial charge on any atom is 0.409 e. The number of carbonyl (C=O) groups is 2. The van der Waals surface area contributed by atoms with Crippen molar-refractivity contribution < 1.29 is 19.1 Å². The van der Waals surface area contributed by atoms with Gasteiger partial charge in [-0.3, -0.25) is 9.89 Å². The van der Waals surface area contributed by atoms with E-state index in [1.165, 1.54) is 0 Å². The van der Waals surface area contributed by atoms with E-state index >= 15 is 0 Å². The molecule has 41 heavy (non-hydrogen) atoms. The molecule has 0 saturated carbocycles. The number of likely N-dealkylation sites (tertiary alicyclic amines) is 1. The molecule has 2 aromatic carbocycles. The van der Waals surface area contributed by atoms with Gasteiger partial charge >= 0.3 is 6.09 Å². The molecule has 1 unspecified atom stereocenters. The van der Waals surface area contributed by atoms with Crippen molar-refractivity contribution in [1.29, 1.82) is 0 Å². The lowest BCUT2D eigenvalue weighted by Gasteiger charge is -2.32. The average molecular weight is 560 g/mol. The van der Waals surface area contributed by atoms with E-state index in [0.717, 1.165) is 79.6 Å². The number of carbonyl (C=O) groups excluding carboxylic acids is 2. The molecule has 4 heterocycles. The molecule has 216 valence electrons. The lowest BCUT2D eigenvalue weighted by atomic mass is 9.98. The van der Waals surface area contributed by atoms with Gasteiger partial charge in [-0.2, -0.15) is 5.10 Å². The summed E-state index contributed by atoms with van der Waals surface area (Å²) in [7, 11) is 0. The summed E-state index contributed by atoms with van der Waals surface area (Å²) < 4.78 is 10.9. The molecular formula is C30H37N7O4. The normalized spacial score (nSPS) is 17.7. The van der Waals surface area contributed by atoms with Crippen LogP contribution >= 0.6 is 0 Å². The quantitative estimate of drug-likeness (QED) is 0.274. The van der Waals surface area contributed by atoms with Crippen LogP contribution in [0.2, 0.25) is 0 Å². The number of fused-ring (bicyclic) bond motifs is 2. The van der Waals surface area contributed by atoms with E-state index in [-0.39, 0.29) is 17.9 Å². The summed E-state index contributed by atoms with van der Waals surface area (Å²) in [6.07, 6.45) is 3.47. The molecule has 2 saturated heterocycles. The molecule has 2 fully saturated rings. The number of nitrogens with one attached hydrogen (secondary N) is 3. The average Bonchev–Trinajstić information content (AvgIpc) is 3.64. The molecular weight excluding hydrogens is 522 g/mol. The third-order valence-electron chi connectivity index (χ3n) is 7.94. The van der Waals surface area contributed by atoms with Crippen LogP contribution < -0.4 is 10.2 Å². The smallest absolute Gasteiger partial charge is 0.409 e. The monoisotopic (exact) mass is 559 g/mol. The van der Waals surface area contributed by atoms with Crippen molar-refractivity contribution in [1.82, 2.24) is 30.4 Å². The first-order valence-electron chi connectivity index (χ1n) is 14.6. The van der Waals surface area contributed by atoms with Crippen molar-refractivity contribution in [2.75, 3.05) is 57.4 Å². The molecule has 2 aliphatic rings. The fourth-order valence-corrected chi connectivity index (χ4v) is 5.60. The highest BCUT2D eigenvalue weighted by atomic mass is 16.6. The molecule has 6 rings (SSSR count). The number of anilines is 1. The van der Waals surface area contributed by atoms with Crippen LogP contribution in [0.3, 0.4) is 0 Å². The second-order valence-electron chi connectivity index (χ2n) is 10.9. The van der Waals surface area contributed by atoms with Gasteiger partial charge in [0.2, 0.25) is 0 Å². The van der Waals surface area contributed by atoms with Crippen molar-refractivity contribution in [2.45, 2.75) is 32.6 Å². The minimum Gasteiger partial charge on any atom is -0.449 e. The fourth-order valence-electron chi connectivity index (χ4n) is 5.60. The Hall–Kier alpha value is -4.12. The first kappa shape index (κ1) is 27.1. The summed E-state index contributed by atoms with van der Waals surface area (Å²) in [5.74, 6) is 0.690. The minimum atomic E-state index is -0.254. The van der Waals surface area contributed by atoms with Crippen LogP contribution in [0, 0.1) is 5.92 Å². The molecule has 3 N–H and O–H groups in total. The first-order valence-corrected chi connectivity index (χ1v) is 14.6. The van der Waals surface area contributed by atoms with Crippen LogP contribution in [-0.2, 0) is 9.47 Å². The Balaban J connectivity index is 1.13. The molecule has 0 aliphatic carbocycles. The Bertz CT molecular complexity index is 1520. The van der Waals surface area contributed by atoms with Gasteiger partial charge in [0, 0.05) is 49.4 Å². The summed E-state index contributed by atoms with van der Waals surface area (Å²) in [6, 6.07) is 11.7. The molecule has 0 spiro atoms. The van der Waals surface area contributed by atoms with Crippen LogP contribution in [0.5, 0.6) is 0 Å². The Morgan fingerprint density at radius 2 is 2.00 bits per heavy atom. The number of morpholine rings is 1. The van der Waals surface area contributed by atoms with E-state index in [9.17, 15) is 9.59 Å². The van der Waals surface area contributed by atoms with Gasteiger partial charge in [0.15, 0.2) is 5.82 Å². The number of unbranched alkanes of at least 4 members (excludes halogenated alkanes) is 1. The molecule has 0 bridgehead atoms. The van der Waals surface area contributed by atoms with E-state index in [2.05, 4.69) is 44.5 Å². The van der Waals surface area contributed by atoms with Crippen LogP contribution in [0.1, 0.15) is 43.0 Å². The minimum absolute atomic E-state index is 0.151. The lowest BCUT2D eigenvalue weighted by Crippen LogP contribution is -2.44. The van der Waals surface area contributed by atoms with Gasteiger partial charge < -0.3 is 29.6 Å². The number of aromatic nitrogens is 4. The number of hydrogen-bond acceptors (Lipinski definition) is 7. The highest BCUT2D eigenvalue weighted by molar-refractivity contribution is 6.01. The molecule has 11 nitrogen and oxygen atoms in total. The largest absolute Gasteiger partial charge is 0.449 e. The van der Waals surface area contributed by atoms with Gasteiger partial charge in [0.1, 0.15) is 5.69 Å². The summed E-state index contributed by atoms with van der Waals surface area (Å²) in [6.45, 7) is 7.51. The van der Waals surface area contributed by atoms with Crippen LogP contribution in [0.25, 0.3) is 33.5 Å². The Kier molecular flexibility index (Phi) is 8.04. The van der Waals surface area contributed by atoms with Crippen LogP contribution in [0.15, 0.2) is 36.4 Å². The fraction of sp³-hybridized carbons (Fsp3) is 0.467. The van der Waals surface area contributed by atoms with Crippen LogP contribution in [-0.4, -0.2) is 89.6 Å². The van der Waals surface area contributed by atoms with Gasteiger partial charge in [0.25, 0.3) is 5.91 Å². The molecule has 2 aliphatic heterocycles. The van der Waals surface area contributed by atoms with E-state index in [0.29, 0.717) is 43.3 Å². The topological polar surface area (TPSA) is 128 Å². The summed E-state index contributed by atoms with van der Waals surface area (Å²) in [5, 5.41) is 11.5. The number of aromatic amines is 2. The van der Waals surface area contributed by atoms with E-state index in [1.807, 2.05) is 18.2 Å². The Morgan fingerprint density at radius 1 is 1.12 bits per heavy atom. The number of ether oxygens (including phenoxy) is 2. The molecule has 4 aromatic rings. The molecule has 1 atom stereocenters. The molecule has 2 amide bonds. The van der Waals surface area contributed by atoms with Crippen molar-refractivity contribution in [3.8, 4) is 11.5 Å². The third-order valence-corrected chi connectivity index (χ3v) is 7.94. The zero-order valence-electron chi connectivity index (χ0n) is 23.4. The number of piperidine rings is 1. The highest BCUT2D eigenvalue weighted by Gasteiger charge is 2.25. The third kappa shape index (κ3) is 6.00. The number of rotatable bonds is 8. The van der Waals surface area contributed by atoms with E-state index < -0.39 is 0 Å². The van der Waals surface area contributed by atoms with Gasteiger partial charge in [-0.1, -0.05) is 13.3 Å². The standard InChI is InChI=1S/C30H37N7O4/c1-2-3-13-41-30(39)37-10-4-5-20(19-37)18-31-29(38)21-6-8-24-23(16-21)27(35-34-24)28-32-25-9-7-22(17-26(25)33-28)36-11-14-40-15-12-36/h6-9,16-17,20H,2-5,10-15,18-19H2,1H3,(H,31,38)(H,32,33)(H,34,35). The van der Waals surface area contributed by atoms with Gasteiger partial charge in [-0.25, -0.2) is 9.78 Å². The second kappa shape index (κ2) is 12.2. The number of H-pyrrole nitrogens is 2. The Morgan fingerprint density at radius 3 is 2.85 bits per heavy atom. The van der Waals surface area contributed by atoms with Crippen LogP contribution in [0.4, 0.5) is 10.5 Å². The van der Waals surface area contributed by atoms with Gasteiger partial charge in [-0.05, 0) is 61.6 Å². The highest BCUT2D eigenvalue weighted by Crippen LogP contribution is 2.29. The summed E-state index contributed by atoms with van der Waals surface area (Å²) >= 11 is 0. The lowest BCUT2D eigenvalue weighted by molar-refractivity contribution is 0.0813. The predicted molar refractivity (Wildman–Crippen MR) is 157 cm³/mol. The number of benzene rings is 2. The van der Waals surface area contributed by atoms with Gasteiger partial charge in [-0.15, -0.1) is 0 Å². The number of amides is 2. The molecule has 0 radical (unpaired) electrons. The maximum atomic E-state index is 13.1. The van der Waals surface area contributed by atoms with Gasteiger partial charge in [0.05, 0.1) is 36.4 Å². The Labute approximate surface area is 238 Å². The second-order valence-corrected chi connectivity index (χ2v) is 10.9. The van der Waals surface area contributed by atoms with Crippen molar-refractivity contribution >= 4 is 39.6 Å². The zero-order chi connectivity index (χ0) is 28.2. The molecule has 11 heteroatoms. The van der Waals surface area contributed by atoms with E-state index in [4.69, 9.17) is 14.5 Å². The number of imidazole rings is 1. The predicted octanol–water partition coefficient (Wildman–Crippen LogP) is 4.32. The SMILES string of the molecule is CCCCOC(=O)N1CCCC(CNC(=O)c2ccc3[nH]nc(-c4nc5ccc(N6CCOCC6)cc5[nH]4)c3c2)C1.